The summed E-state index contributed by atoms with van der Waals surface area (Å²) in [6.45, 7) is 0.271. The number of methoxy groups -OCH3 is 1. The summed E-state index contributed by atoms with van der Waals surface area (Å²) >= 11 is 2.23. The van der Waals surface area contributed by atoms with E-state index in [0.717, 1.165) is 5.75 Å². The minimum Gasteiger partial charge on any atom is -0.468 e. The quantitative estimate of drug-likeness (QED) is 0.562. The molecule has 0 aromatic heterocycles. The number of rotatable bonds is 5. The molecule has 0 saturated carbocycles. The van der Waals surface area contributed by atoms with E-state index in [2.05, 4.69) is 59.0 Å². The van der Waals surface area contributed by atoms with Crippen LogP contribution in [-0.4, -0.2) is 13.9 Å². The van der Waals surface area contributed by atoms with E-state index >= 15 is 0 Å². The van der Waals surface area contributed by atoms with Gasteiger partial charge in [0.1, 0.15) is 5.75 Å². The molecule has 0 amide bonds. The van der Waals surface area contributed by atoms with Gasteiger partial charge in [0.25, 0.3) is 0 Å². The predicted molar refractivity (Wildman–Crippen MR) is 87.4 cm³/mol. The van der Waals surface area contributed by atoms with Crippen LogP contribution >= 0.6 is 22.6 Å². The molecule has 0 atom stereocenters. The number of ether oxygens (including phenoxy) is 2. The van der Waals surface area contributed by atoms with Gasteiger partial charge in [-0.2, -0.15) is 0 Å². The summed E-state index contributed by atoms with van der Waals surface area (Å²) in [6.07, 6.45) is 2.10. The van der Waals surface area contributed by atoms with Crippen molar-refractivity contribution in [3.05, 3.63) is 58.2 Å². The Bertz CT molecular complexity index is 547. The van der Waals surface area contributed by atoms with Crippen LogP contribution in [0.2, 0.25) is 0 Å². The first kappa shape index (κ1) is 14.1. The first-order valence-corrected chi connectivity index (χ1v) is 7.17. The van der Waals surface area contributed by atoms with Crippen molar-refractivity contribution in [2.75, 3.05) is 13.9 Å². The van der Waals surface area contributed by atoms with Crippen molar-refractivity contribution in [2.24, 2.45) is 0 Å². The fourth-order valence-electron chi connectivity index (χ4n) is 1.83. The summed E-state index contributed by atoms with van der Waals surface area (Å²) in [7, 11) is 1.61. The highest BCUT2D eigenvalue weighted by atomic mass is 127. The van der Waals surface area contributed by atoms with Crippen molar-refractivity contribution in [3.63, 3.8) is 0 Å². The highest BCUT2D eigenvalue weighted by Crippen LogP contribution is 2.26. The minimum atomic E-state index is 0.271. The fourth-order valence-corrected chi connectivity index (χ4v) is 2.22. The Morgan fingerprint density at radius 1 is 1.05 bits per heavy atom. The van der Waals surface area contributed by atoms with E-state index in [0.29, 0.717) is 0 Å². The zero-order chi connectivity index (χ0) is 13.5. The summed E-state index contributed by atoms with van der Waals surface area (Å²) in [4.78, 5) is 0. The molecule has 0 spiro atoms. The van der Waals surface area contributed by atoms with Crippen molar-refractivity contribution in [1.82, 2.24) is 0 Å². The monoisotopic (exact) mass is 366 g/mol. The Morgan fingerprint density at radius 2 is 1.79 bits per heavy atom. The molecular weight excluding hydrogens is 351 g/mol. The molecule has 0 radical (unpaired) electrons. The van der Waals surface area contributed by atoms with E-state index in [-0.39, 0.29) is 6.79 Å². The normalized spacial score (nSPS) is 10.8. The summed E-state index contributed by atoms with van der Waals surface area (Å²) in [5.41, 5.74) is 3.60. The maximum Gasteiger partial charge on any atom is 0.188 e. The standard InChI is InChI=1S/C16H15IO2/c1-18-12-19-15-8-6-14(7-9-15)16-5-3-2-4-13(16)10-11-17/h2-11H,12H2,1H3. The van der Waals surface area contributed by atoms with E-state index in [1.807, 2.05) is 22.3 Å². The van der Waals surface area contributed by atoms with Crippen LogP contribution in [0.3, 0.4) is 0 Å². The van der Waals surface area contributed by atoms with Crippen molar-refractivity contribution in [1.29, 1.82) is 0 Å². The lowest BCUT2D eigenvalue weighted by Gasteiger charge is -2.08. The highest BCUT2D eigenvalue weighted by molar-refractivity contribution is 14.1. The van der Waals surface area contributed by atoms with Gasteiger partial charge in [-0.05, 0) is 39.0 Å². The molecule has 3 heteroatoms. The molecule has 2 nitrogen and oxygen atoms in total. The van der Waals surface area contributed by atoms with E-state index in [1.54, 1.807) is 7.11 Å². The Morgan fingerprint density at radius 3 is 2.47 bits per heavy atom. The maximum atomic E-state index is 5.39. The van der Waals surface area contributed by atoms with Gasteiger partial charge in [-0.25, -0.2) is 0 Å². The Kier molecular flexibility index (Phi) is 5.42. The lowest BCUT2D eigenvalue weighted by atomic mass is 10.00. The van der Waals surface area contributed by atoms with E-state index < -0.39 is 0 Å². The Balaban J connectivity index is 2.27. The van der Waals surface area contributed by atoms with E-state index in [9.17, 15) is 0 Å². The number of hydrogen-bond acceptors (Lipinski definition) is 2. The minimum absolute atomic E-state index is 0.271. The predicted octanol–water partition coefficient (Wildman–Crippen LogP) is 4.74. The van der Waals surface area contributed by atoms with Crippen molar-refractivity contribution in [3.8, 4) is 16.9 Å². The highest BCUT2D eigenvalue weighted by Gasteiger charge is 2.02. The van der Waals surface area contributed by atoms with Gasteiger partial charge in [0.15, 0.2) is 6.79 Å². The van der Waals surface area contributed by atoms with Gasteiger partial charge < -0.3 is 9.47 Å². The zero-order valence-electron chi connectivity index (χ0n) is 10.7. The lowest BCUT2D eigenvalue weighted by Crippen LogP contribution is -1.98. The smallest absolute Gasteiger partial charge is 0.188 e. The molecule has 0 fully saturated rings. The molecule has 0 aliphatic rings. The van der Waals surface area contributed by atoms with Gasteiger partial charge in [0, 0.05) is 7.11 Å². The van der Waals surface area contributed by atoms with Crippen LogP contribution in [0.15, 0.2) is 52.6 Å². The van der Waals surface area contributed by atoms with Gasteiger partial charge in [-0.15, -0.1) is 0 Å². The third-order valence-electron chi connectivity index (χ3n) is 2.71. The molecular formula is C16H15IO2. The van der Waals surface area contributed by atoms with Gasteiger partial charge in [-0.1, -0.05) is 59.0 Å². The Hall–Kier alpha value is -1.33. The van der Waals surface area contributed by atoms with Crippen molar-refractivity contribution in [2.45, 2.75) is 0 Å². The molecule has 0 unspecified atom stereocenters. The molecule has 2 aromatic carbocycles. The van der Waals surface area contributed by atoms with Crippen LogP contribution in [0.1, 0.15) is 5.56 Å². The molecule has 0 N–H and O–H groups in total. The maximum absolute atomic E-state index is 5.39. The second kappa shape index (κ2) is 7.31. The lowest BCUT2D eigenvalue weighted by molar-refractivity contribution is 0.0511. The Labute approximate surface area is 127 Å². The first-order valence-electron chi connectivity index (χ1n) is 5.93. The molecule has 98 valence electrons. The molecule has 0 heterocycles. The van der Waals surface area contributed by atoms with Crippen LogP contribution in [0.4, 0.5) is 0 Å². The molecule has 2 aromatic rings. The van der Waals surface area contributed by atoms with Crippen LogP contribution < -0.4 is 4.74 Å². The number of halogens is 1. The second-order valence-corrected chi connectivity index (χ2v) is 4.67. The van der Waals surface area contributed by atoms with Crippen molar-refractivity contribution >= 4 is 28.7 Å². The molecule has 2 rings (SSSR count). The summed E-state index contributed by atoms with van der Waals surface area (Å²) in [6, 6.07) is 16.4. The van der Waals surface area contributed by atoms with Gasteiger partial charge >= 0.3 is 0 Å². The molecule has 19 heavy (non-hydrogen) atoms. The van der Waals surface area contributed by atoms with Gasteiger partial charge in [0.05, 0.1) is 0 Å². The summed E-state index contributed by atoms with van der Waals surface area (Å²) in [5.74, 6) is 0.813. The zero-order valence-corrected chi connectivity index (χ0v) is 12.8. The third kappa shape index (κ3) is 3.81. The van der Waals surface area contributed by atoms with Crippen LogP contribution in [0.25, 0.3) is 17.2 Å². The first-order chi connectivity index (χ1) is 9.35. The fraction of sp³-hybridized carbons (Fsp3) is 0.125. The third-order valence-corrected chi connectivity index (χ3v) is 3.07. The van der Waals surface area contributed by atoms with Crippen LogP contribution in [0.5, 0.6) is 5.75 Å². The summed E-state index contributed by atoms with van der Waals surface area (Å²) < 4.78 is 12.3. The van der Waals surface area contributed by atoms with Crippen LogP contribution in [0, 0.1) is 0 Å². The van der Waals surface area contributed by atoms with Gasteiger partial charge in [0.2, 0.25) is 0 Å². The van der Waals surface area contributed by atoms with Crippen molar-refractivity contribution < 1.29 is 9.47 Å². The average Bonchev–Trinajstić information content (AvgIpc) is 2.47. The summed E-state index contributed by atoms with van der Waals surface area (Å²) in [5, 5.41) is 0. The van der Waals surface area contributed by atoms with E-state index in [1.165, 1.54) is 16.7 Å². The molecule has 0 bridgehead atoms. The molecule has 0 aliphatic heterocycles. The molecule has 0 aliphatic carbocycles. The second-order valence-electron chi connectivity index (χ2n) is 3.96. The largest absolute Gasteiger partial charge is 0.468 e. The number of hydrogen-bond donors (Lipinski definition) is 0. The average molecular weight is 366 g/mol. The topological polar surface area (TPSA) is 18.5 Å². The van der Waals surface area contributed by atoms with Gasteiger partial charge in [-0.3, -0.25) is 0 Å². The molecule has 0 saturated heterocycles. The van der Waals surface area contributed by atoms with E-state index in [4.69, 9.17) is 9.47 Å². The SMILES string of the molecule is COCOc1ccc(-c2ccccc2C=CI)cc1. The van der Waals surface area contributed by atoms with Crippen LogP contribution in [-0.2, 0) is 4.74 Å². The number of benzene rings is 2.